The molecule has 0 fully saturated rings. The summed E-state index contributed by atoms with van der Waals surface area (Å²) in [4.78, 5) is 7.67. The molecule has 0 radical (unpaired) electrons. The lowest BCUT2D eigenvalue weighted by atomic mass is 10.2. The molecule has 2 N–H and O–H groups in total. The normalized spacial score (nSPS) is 10.4. The fourth-order valence-electron chi connectivity index (χ4n) is 1.73. The number of aromatic nitrogens is 2. The van der Waals surface area contributed by atoms with E-state index in [1.165, 1.54) is 13.4 Å². The van der Waals surface area contributed by atoms with Gasteiger partial charge in [0.05, 0.1) is 12.8 Å². The number of hydrogen-bond donors (Lipinski definition) is 1. The van der Waals surface area contributed by atoms with Gasteiger partial charge in [0.1, 0.15) is 6.33 Å². The van der Waals surface area contributed by atoms with E-state index < -0.39 is 5.82 Å². The first kappa shape index (κ1) is 14.2. The minimum atomic E-state index is -0.556. The van der Waals surface area contributed by atoms with Crippen molar-refractivity contribution in [3.63, 3.8) is 0 Å². The molecule has 0 amide bonds. The van der Waals surface area contributed by atoms with Gasteiger partial charge >= 0.3 is 0 Å². The maximum Gasteiger partial charge on any atom is 0.259 e. The van der Waals surface area contributed by atoms with Crippen molar-refractivity contribution in [3.05, 3.63) is 41.6 Å². The summed E-state index contributed by atoms with van der Waals surface area (Å²) in [6.45, 7) is 2.20. The molecule has 1 heterocycles. The molecule has 0 aliphatic heterocycles. The highest BCUT2D eigenvalue weighted by Crippen LogP contribution is 2.32. The van der Waals surface area contributed by atoms with Gasteiger partial charge in [-0.25, -0.2) is 4.98 Å². The van der Waals surface area contributed by atoms with Gasteiger partial charge in [-0.1, -0.05) is 13.0 Å². The zero-order chi connectivity index (χ0) is 14.5. The summed E-state index contributed by atoms with van der Waals surface area (Å²) < 4.78 is 24.7. The molecule has 0 saturated carbocycles. The van der Waals surface area contributed by atoms with Crippen LogP contribution in [0.25, 0.3) is 0 Å². The van der Waals surface area contributed by atoms with Crippen LogP contribution in [0.15, 0.2) is 24.5 Å². The predicted molar refractivity (Wildman–Crippen MR) is 72.3 cm³/mol. The van der Waals surface area contributed by atoms with Gasteiger partial charge in [-0.05, 0) is 24.1 Å². The SMILES string of the molecule is CCc1ncnc(Oc2ccc(CN)cc2OC)c1F. The molecular weight excluding hydrogens is 261 g/mol. The largest absolute Gasteiger partial charge is 0.493 e. The Bertz CT molecular complexity index is 605. The summed E-state index contributed by atoms with van der Waals surface area (Å²) >= 11 is 0. The number of halogens is 1. The van der Waals surface area contributed by atoms with Crippen LogP contribution in [0, 0.1) is 5.82 Å². The quantitative estimate of drug-likeness (QED) is 0.909. The molecule has 0 atom stereocenters. The standard InChI is InChI=1S/C14H16FN3O2/c1-3-10-13(15)14(18-8-17-10)20-11-5-4-9(7-16)6-12(11)19-2/h4-6,8H,3,7,16H2,1-2H3. The Hall–Kier alpha value is -2.21. The van der Waals surface area contributed by atoms with E-state index in [4.69, 9.17) is 15.2 Å². The molecular formula is C14H16FN3O2. The first-order chi connectivity index (χ1) is 9.69. The monoisotopic (exact) mass is 277 g/mol. The number of benzene rings is 1. The van der Waals surface area contributed by atoms with Gasteiger partial charge < -0.3 is 15.2 Å². The summed E-state index contributed by atoms with van der Waals surface area (Å²) in [7, 11) is 1.51. The maximum atomic E-state index is 14.0. The fourth-order valence-corrected chi connectivity index (χ4v) is 1.73. The van der Waals surface area contributed by atoms with Crippen molar-refractivity contribution < 1.29 is 13.9 Å². The van der Waals surface area contributed by atoms with Crippen molar-refractivity contribution in [3.8, 4) is 17.4 Å². The molecule has 2 aromatic rings. The third-order valence-corrected chi connectivity index (χ3v) is 2.83. The van der Waals surface area contributed by atoms with E-state index in [0.29, 0.717) is 30.2 Å². The Morgan fingerprint density at radius 1 is 1.25 bits per heavy atom. The van der Waals surface area contributed by atoms with Crippen LogP contribution in [0.5, 0.6) is 17.4 Å². The van der Waals surface area contributed by atoms with Crippen LogP contribution < -0.4 is 15.2 Å². The number of rotatable bonds is 5. The number of hydrogen-bond acceptors (Lipinski definition) is 5. The van der Waals surface area contributed by atoms with Crippen LogP contribution >= 0.6 is 0 Å². The van der Waals surface area contributed by atoms with Crippen molar-refractivity contribution in [2.75, 3.05) is 7.11 Å². The van der Waals surface area contributed by atoms with Crippen molar-refractivity contribution in [2.24, 2.45) is 5.73 Å². The Balaban J connectivity index is 2.35. The number of aryl methyl sites for hydroxylation is 1. The summed E-state index contributed by atoms with van der Waals surface area (Å²) in [6.07, 6.45) is 1.74. The molecule has 20 heavy (non-hydrogen) atoms. The Morgan fingerprint density at radius 2 is 2.05 bits per heavy atom. The molecule has 0 bridgehead atoms. The number of ether oxygens (including phenoxy) is 2. The van der Waals surface area contributed by atoms with Crippen LogP contribution in [0.4, 0.5) is 4.39 Å². The van der Waals surface area contributed by atoms with Crippen LogP contribution in [0.3, 0.4) is 0 Å². The number of nitrogens with zero attached hydrogens (tertiary/aromatic N) is 2. The third-order valence-electron chi connectivity index (χ3n) is 2.83. The van der Waals surface area contributed by atoms with E-state index in [1.807, 2.05) is 6.92 Å². The van der Waals surface area contributed by atoms with E-state index in [-0.39, 0.29) is 5.88 Å². The summed E-state index contributed by atoms with van der Waals surface area (Å²) in [6, 6.07) is 5.21. The van der Waals surface area contributed by atoms with Gasteiger partial charge in [0.15, 0.2) is 11.5 Å². The minimum Gasteiger partial charge on any atom is -0.493 e. The maximum absolute atomic E-state index is 14.0. The van der Waals surface area contributed by atoms with Crippen molar-refractivity contribution in [1.82, 2.24) is 9.97 Å². The highest BCUT2D eigenvalue weighted by molar-refractivity contribution is 5.44. The smallest absolute Gasteiger partial charge is 0.259 e. The molecule has 0 unspecified atom stereocenters. The van der Waals surface area contributed by atoms with Gasteiger partial charge in [0.2, 0.25) is 5.82 Å². The number of methoxy groups -OCH3 is 1. The second-order valence-corrected chi connectivity index (χ2v) is 4.08. The summed E-state index contributed by atoms with van der Waals surface area (Å²) in [5, 5.41) is 0. The van der Waals surface area contributed by atoms with Gasteiger partial charge in [-0.2, -0.15) is 9.37 Å². The lowest BCUT2D eigenvalue weighted by Gasteiger charge is -2.11. The lowest BCUT2D eigenvalue weighted by molar-refractivity contribution is 0.361. The van der Waals surface area contributed by atoms with E-state index in [9.17, 15) is 4.39 Å². The van der Waals surface area contributed by atoms with Crippen molar-refractivity contribution in [2.45, 2.75) is 19.9 Å². The van der Waals surface area contributed by atoms with Crippen molar-refractivity contribution >= 4 is 0 Å². The zero-order valence-electron chi connectivity index (χ0n) is 11.4. The molecule has 0 saturated heterocycles. The van der Waals surface area contributed by atoms with E-state index >= 15 is 0 Å². The van der Waals surface area contributed by atoms with Gasteiger partial charge in [-0.3, -0.25) is 0 Å². The molecule has 1 aromatic carbocycles. The Morgan fingerprint density at radius 3 is 2.70 bits per heavy atom. The highest BCUT2D eigenvalue weighted by Gasteiger charge is 2.14. The Kier molecular flexibility index (Phi) is 4.47. The first-order valence-electron chi connectivity index (χ1n) is 6.23. The number of nitrogens with two attached hydrogens (primary N) is 1. The molecule has 5 nitrogen and oxygen atoms in total. The molecule has 0 aliphatic rings. The molecule has 0 aliphatic carbocycles. The third kappa shape index (κ3) is 2.85. The van der Waals surface area contributed by atoms with Crippen LogP contribution in [0.2, 0.25) is 0 Å². The molecule has 0 spiro atoms. The highest BCUT2D eigenvalue weighted by atomic mass is 19.1. The topological polar surface area (TPSA) is 70.3 Å². The van der Waals surface area contributed by atoms with Crippen LogP contribution in [-0.2, 0) is 13.0 Å². The Labute approximate surface area is 116 Å². The molecule has 1 aromatic heterocycles. The summed E-state index contributed by atoms with van der Waals surface area (Å²) in [5.41, 5.74) is 6.77. The fraction of sp³-hybridized carbons (Fsp3) is 0.286. The minimum absolute atomic E-state index is 0.115. The van der Waals surface area contributed by atoms with Crippen LogP contribution in [0.1, 0.15) is 18.2 Å². The van der Waals surface area contributed by atoms with Gasteiger partial charge in [-0.15, -0.1) is 0 Å². The average molecular weight is 277 g/mol. The second kappa shape index (κ2) is 6.29. The summed E-state index contributed by atoms with van der Waals surface area (Å²) in [5.74, 6) is 0.184. The zero-order valence-corrected chi connectivity index (χ0v) is 11.4. The first-order valence-corrected chi connectivity index (χ1v) is 6.23. The van der Waals surface area contributed by atoms with Crippen molar-refractivity contribution in [1.29, 1.82) is 0 Å². The van der Waals surface area contributed by atoms with E-state index in [2.05, 4.69) is 9.97 Å². The predicted octanol–water partition coefficient (Wildman–Crippen LogP) is 2.44. The lowest BCUT2D eigenvalue weighted by Crippen LogP contribution is -2.01. The molecule has 6 heteroatoms. The second-order valence-electron chi connectivity index (χ2n) is 4.08. The van der Waals surface area contributed by atoms with E-state index in [0.717, 1.165) is 5.56 Å². The van der Waals surface area contributed by atoms with E-state index in [1.54, 1.807) is 18.2 Å². The van der Waals surface area contributed by atoms with Gasteiger partial charge in [0, 0.05) is 6.54 Å². The van der Waals surface area contributed by atoms with Gasteiger partial charge in [0.25, 0.3) is 5.88 Å². The molecule has 106 valence electrons. The van der Waals surface area contributed by atoms with Crippen LogP contribution in [-0.4, -0.2) is 17.1 Å². The average Bonchev–Trinajstić information content (AvgIpc) is 2.49. The molecule has 2 rings (SSSR count).